The Morgan fingerprint density at radius 2 is 1.89 bits per heavy atom. The summed E-state index contributed by atoms with van der Waals surface area (Å²) >= 11 is 10.1. The van der Waals surface area contributed by atoms with Crippen LogP contribution in [0.3, 0.4) is 0 Å². The minimum atomic E-state index is -0.360. The van der Waals surface area contributed by atoms with E-state index in [1.165, 1.54) is 16.7 Å². The molecule has 3 rings (SSSR count). The van der Waals surface area contributed by atoms with Crippen molar-refractivity contribution in [2.45, 2.75) is 25.5 Å². The van der Waals surface area contributed by atoms with Crippen molar-refractivity contribution >= 4 is 56.0 Å². The Kier molecular flexibility index (Phi) is 6.95. The van der Waals surface area contributed by atoms with E-state index >= 15 is 0 Å². The number of furan rings is 1. The van der Waals surface area contributed by atoms with E-state index in [9.17, 15) is 9.59 Å². The summed E-state index contributed by atoms with van der Waals surface area (Å²) in [6.45, 7) is 5.08. The molecule has 1 saturated heterocycles. The van der Waals surface area contributed by atoms with E-state index in [-0.39, 0.29) is 23.6 Å². The molecule has 0 radical (unpaired) electrons. The van der Waals surface area contributed by atoms with Crippen LogP contribution < -0.4 is 0 Å². The van der Waals surface area contributed by atoms with Gasteiger partial charge in [-0.05, 0) is 38.1 Å². The number of rotatable bonds is 7. The fourth-order valence-corrected chi connectivity index (χ4v) is 4.79. The van der Waals surface area contributed by atoms with Crippen molar-refractivity contribution < 1.29 is 14.0 Å². The standard InChI is InChI=1S/C20H21BrN2O3S2/c1-3-22(4-2)18(24)12-23-19(25)17(28-20(23)27)11-15-9-10-16(26-15)13-5-7-14(21)8-6-13/h5-10,17H,3-4,11-12H2,1-2H3. The Bertz CT molecular complexity index is 878. The first kappa shape index (κ1) is 21.1. The molecule has 2 aromatic rings. The van der Waals surface area contributed by atoms with Gasteiger partial charge in [0.25, 0.3) is 0 Å². The first-order valence-electron chi connectivity index (χ1n) is 9.07. The Labute approximate surface area is 182 Å². The number of hydrogen-bond donors (Lipinski definition) is 0. The Morgan fingerprint density at radius 1 is 1.21 bits per heavy atom. The number of halogens is 1. The Hall–Kier alpha value is -1.64. The zero-order valence-corrected chi connectivity index (χ0v) is 18.9. The molecule has 1 aliphatic rings. The summed E-state index contributed by atoms with van der Waals surface area (Å²) in [5.74, 6) is 1.27. The van der Waals surface area contributed by atoms with Gasteiger partial charge in [0.05, 0.1) is 5.25 Å². The lowest BCUT2D eigenvalue weighted by atomic mass is 10.2. The van der Waals surface area contributed by atoms with Crippen LogP contribution in [-0.4, -0.2) is 50.8 Å². The molecule has 2 amide bonds. The van der Waals surface area contributed by atoms with Gasteiger partial charge in [0.1, 0.15) is 22.4 Å². The molecule has 1 aromatic heterocycles. The van der Waals surface area contributed by atoms with Crippen molar-refractivity contribution in [1.82, 2.24) is 9.80 Å². The smallest absolute Gasteiger partial charge is 0.242 e. The minimum absolute atomic E-state index is 0.00510. The molecule has 1 fully saturated rings. The molecule has 1 aliphatic heterocycles. The van der Waals surface area contributed by atoms with Crippen molar-refractivity contribution in [3.63, 3.8) is 0 Å². The van der Waals surface area contributed by atoms with Gasteiger partial charge < -0.3 is 9.32 Å². The third-order valence-corrected chi connectivity index (χ3v) is 6.70. The van der Waals surface area contributed by atoms with Gasteiger partial charge in [-0.1, -0.05) is 52.0 Å². The first-order chi connectivity index (χ1) is 13.4. The van der Waals surface area contributed by atoms with Crippen molar-refractivity contribution in [3.05, 3.63) is 46.6 Å². The fourth-order valence-electron chi connectivity index (χ4n) is 3.02. The summed E-state index contributed by atoms with van der Waals surface area (Å²) in [6.07, 6.45) is 0.441. The molecule has 28 heavy (non-hydrogen) atoms. The summed E-state index contributed by atoms with van der Waals surface area (Å²) in [6, 6.07) is 11.6. The highest BCUT2D eigenvalue weighted by atomic mass is 79.9. The predicted octanol–water partition coefficient (Wildman–Crippen LogP) is 4.35. The maximum Gasteiger partial charge on any atom is 0.242 e. The highest BCUT2D eigenvalue weighted by molar-refractivity contribution is 9.10. The van der Waals surface area contributed by atoms with Gasteiger partial charge in [0.15, 0.2) is 0 Å². The van der Waals surface area contributed by atoms with Gasteiger partial charge in [0, 0.05) is 29.5 Å². The van der Waals surface area contributed by atoms with Gasteiger partial charge in [-0.3, -0.25) is 14.5 Å². The van der Waals surface area contributed by atoms with Crippen molar-refractivity contribution in [2.75, 3.05) is 19.6 Å². The van der Waals surface area contributed by atoms with E-state index in [4.69, 9.17) is 16.6 Å². The van der Waals surface area contributed by atoms with Crippen LogP contribution in [0.4, 0.5) is 0 Å². The number of nitrogens with zero attached hydrogens (tertiary/aromatic N) is 2. The number of thiocarbonyl (C=S) groups is 1. The third kappa shape index (κ3) is 4.67. The second kappa shape index (κ2) is 9.24. The monoisotopic (exact) mass is 480 g/mol. The minimum Gasteiger partial charge on any atom is -0.461 e. The quantitative estimate of drug-likeness (QED) is 0.551. The van der Waals surface area contributed by atoms with Crippen molar-refractivity contribution in [2.24, 2.45) is 0 Å². The van der Waals surface area contributed by atoms with Crippen LogP contribution in [0.25, 0.3) is 11.3 Å². The average molecular weight is 481 g/mol. The highest BCUT2D eigenvalue weighted by Crippen LogP contribution is 2.32. The molecule has 148 valence electrons. The molecule has 1 aromatic carbocycles. The fraction of sp³-hybridized carbons (Fsp3) is 0.350. The van der Waals surface area contributed by atoms with Crippen LogP contribution in [0.2, 0.25) is 0 Å². The van der Waals surface area contributed by atoms with Gasteiger partial charge in [-0.15, -0.1) is 0 Å². The Morgan fingerprint density at radius 3 is 2.54 bits per heavy atom. The molecule has 0 saturated carbocycles. The summed E-state index contributed by atoms with van der Waals surface area (Å²) in [5, 5.41) is -0.360. The lowest BCUT2D eigenvalue weighted by molar-refractivity contribution is -0.136. The number of amides is 2. The van der Waals surface area contributed by atoms with E-state index in [1.807, 2.05) is 50.2 Å². The van der Waals surface area contributed by atoms with Crippen LogP contribution >= 0.6 is 39.9 Å². The molecule has 0 spiro atoms. The predicted molar refractivity (Wildman–Crippen MR) is 119 cm³/mol. The third-order valence-electron chi connectivity index (χ3n) is 4.59. The molecule has 8 heteroatoms. The number of likely N-dealkylation sites (N-methyl/N-ethyl adjacent to an activating group) is 1. The lowest BCUT2D eigenvalue weighted by Gasteiger charge is -2.22. The van der Waals surface area contributed by atoms with Gasteiger partial charge >= 0.3 is 0 Å². The largest absolute Gasteiger partial charge is 0.461 e. The van der Waals surface area contributed by atoms with Crippen LogP contribution in [0.1, 0.15) is 19.6 Å². The van der Waals surface area contributed by atoms with E-state index in [0.717, 1.165) is 21.6 Å². The van der Waals surface area contributed by atoms with Gasteiger partial charge in [-0.2, -0.15) is 0 Å². The first-order valence-corrected chi connectivity index (χ1v) is 11.2. The van der Waals surface area contributed by atoms with E-state index < -0.39 is 0 Å². The molecule has 2 heterocycles. The second-order valence-corrected chi connectivity index (χ2v) is 9.09. The van der Waals surface area contributed by atoms with E-state index in [1.54, 1.807) is 4.90 Å². The maximum atomic E-state index is 12.8. The summed E-state index contributed by atoms with van der Waals surface area (Å²) in [4.78, 5) is 28.2. The zero-order valence-electron chi connectivity index (χ0n) is 15.7. The summed E-state index contributed by atoms with van der Waals surface area (Å²) in [5.41, 5.74) is 0.974. The number of carbonyl (C=O) groups is 2. The summed E-state index contributed by atoms with van der Waals surface area (Å²) in [7, 11) is 0. The van der Waals surface area contributed by atoms with Gasteiger partial charge in [0.2, 0.25) is 11.8 Å². The van der Waals surface area contributed by atoms with E-state index in [0.29, 0.717) is 23.8 Å². The number of thioether (sulfide) groups is 1. The van der Waals surface area contributed by atoms with Crippen LogP contribution in [0.15, 0.2) is 45.3 Å². The SMILES string of the molecule is CCN(CC)C(=O)CN1C(=O)C(Cc2ccc(-c3ccc(Br)cc3)o2)SC1=S. The second-order valence-electron chi connectivity index (χ2n) is 6.34. The molecule has 5 nitrogen and oxygen atoms in total. The summed E-state index contributed by atoms with van der Waals surface area (Å²) < 4.78 is 7.38. The molecule has 0 aliphatic carbocycles. The number of benzene rings is 1. The molecular formula is C20H21BrN2O3S2. The number of hydrogen-bond acceptors (Lipinski definition) is 5. The van der Waals surface area contributed by atoms with E-state index in [2.05, 4.69) is 15.9 Å². The van der Waals surface area contributed by atoms with Crippen LogP contribution in [-0.2, 0) is 16.0 Å². The maximum absolute atomic E-state index is 12.8. The molecule has 0 bridgehead atoms. The molecule has 1 unspecified atom stereocenters. The number of carbonyl (C=O) groups excluding carboxylic acids is 2. The Balaban J connectivity index is 1.66. The lowest BCUT2D eigenvalue weighted by Crippen LogP contribution is -2.43. The molecule has 1 atom stereocenters. The molecule has 0 N–H and O–H groups in total. The van der Waals surface area contributed by atoms with Crippen molar-refractivity contribution in [1.29, 1.82) is 0 Å². The normalized spacial score (nSPS) is 16.7. The topological polar surface area (TPSA) is 53.8 Å². The zero-order chi connectivity index (χ0) is 20.3. The average Bonchev–Trinajstić information content (AvgIpc) is 3.24. The van der Waals surface area contributed by atoms with Gasteiger partial charge in [-0.25, -0.2) is 0 Å². The van der Waals surface area contributed by atoms with Crippen molar-refractivity contribution in [3.8, 4) is 11.3 Å². The van der Waals surface area contributed by atoms with Crippen LogP contribution in [0.5, 0.6) is 0 Å². The van der Waals surface area contributed by atoms with Crippen LogP contribution in [0, 0.1) is 0 Å². The molecular weight excluding hydrogens is 460 g/mol. The highest BCUT2D eigenvalue weighted by Gasteiger charge is 2.38.